The second-order valence-electron chi connectivity index (χ2n) is 4.31. The average Bonchev–Trinajstić information content (AvgIpc) is 2.73. The van der Waals surface area contributed by atoms with Gasteiger partial charge < -0.3 is 10.2 Å². The van der Waals surface area contributed by atoms with Gasteiger partial charge in [0, 0.05) is 5.92 Å². The summed E-state index contributed by atoms with van der Waals surface area (Å²) in [6.07, 6.45) is 7.37. The first-order chi connectivity index (χ1) is 7.35. The number of nitrogens with zero attached hydrogens (tertiary/aromatic N) is 1. The van der Waals surface area contributed by atoms with Gasteiger partial charge in [-0.3, -0.25) is 0 Å². The van der Waals surface area contributed by atoms with Gasteiger partial charge in [-0.2, -0.15) is 0 Å². The summed E-state index contributed by atoms with van der Waals surface area (Å²) in [6.45, 7) is 2.57. The fraction of sp³-hybridized carbons (Fsp3) is 0.750. The normalized spacial score (nSPS) is 18.3. The summed E-state index contributed by atoms with van der Waals surface area (Å²) in [5.41, 5.74) is 6.69. The van der Waals surface area contributed by atoms with Crippen molar-refractivity contribution in [3.8, 4) is 0 Å². The van der Waals surface area contributed by atoms with Crippen LogP contribution in [0.2, 0.25) is 0 Å². The topological polar surface area (TPSA) is 52.0 Å². The zero-order valence-electron chi connectivity index (χ0n) is 9.46. The highest BCUT2D eigenvalue weighted by atomic mass is 16.4. The number of aryl methyl sites for hydroxylation is 1. The molecule has 1 aromatic rings. The zero-order chi connectivity index (χ0) is 10.7. The number of oxazole rings is 1. The molecular weight excluding hydrogens is 188 g/mol. The molecule has 84 valence electrons. The first-order valence-corrected chi connectivity index (χ1v) is 6.03. The highest BCUT2D eigenvalue weighted by molar-refractivity contribution is 5.11. The standard InChI is InChI=1S/C12H20N2O/c1-2-10-11(8-13)15-12(14-10)9-6-4-3-5-7-9/h9H,2-8,13H2,1H3. The summed E-state index contributed by atoms with van der Waals surface area (Å²) < 4.78 is 5.76. The lowest BCUT2D eigenvalue weighted by Crippen LogP contribution is -2.04. The summed E-state index contributed by atoms with van der Waals surface area (Å²) in [5.74, 6) is 2.37. The molecule has 1 aromatic heterocycles. The second kappa shape index (κ2) is 4.79. The van der Waals surface area contributed by atoms with Gasteiger partial charge in [0.1, 0.15) is 5.76 Å². The summed E-state index contributed by atoms with van der Waals surface area (Å²) >= 11 is 0. The van der Waals surface area contributed by atoms with Crippen molar-refractivity contribution in [3.05, 3.63) is 17.3 Å². The van der Waals surface area contributed by atoms with Crippen LogP contribution in [0.3, 0.4) is 0 Å². The number of nitrogens with two attached hydrogens (primary N) is 1. The van der Waals surface area contributed by atoms with E-state index in [9.17, 15) is 0 Å². The van der Waals surface area contributed by atoms with E-state index >= 15 is 0 Å². The molecule has 0 saturated heterocycles. The number of hydrogen-bond acceptors (Lipinski definition) is 3. The van der Waals surface area contributed by atoms with Gasteiger partial charge in [-0.05, 0) is 19.3 Å². The van der Waals surface area contributed by atoms with Crippen LogP contribution in [0.1, 0.15) is 62.3 Å². The van der Waals surface area contributed by atoms with Gasteiger partial charge in [0.2, 0.25) is 0 Å². The molecule has 2 N–H and O–H groups in total. The van der Waals surface area contributed by atoms with Crippen molar-refractivity contribution in [1.82, 2.24) is 4.98 Å². The van der Waals surface area contributed by atoms with Crippen LogP contribution in [0.15, 0.2) is 4.42 Å². The molecule has 1 aliphatic carbocycles. The van der Waals surface area contributed by atoms with Gasteiger partial charge in [0.05, 0.1) is 12.2 Å². The van der Waals surface area contributed by atoms with Crippen molar-refractivity contribution in [3.63, 3.8) is 0 Å². The smallest absolute Gasteiger partial charge is 0.197 e. The van der Waals surface area contributed by atoms with Crippen molar-refractivity contribution in [2.45, 2.75) is 57.9 Å². The molecule has 0 radical (unpaired) electrons. The van der Waals surface area contributed by atoms with Crippen LogP contribution >= 0.6 is 0 Å². The Morgan fingerprint density at radius 3 is 2.60 bits per heavy atom. The maximum absolute atomic E-state index is 5.76. The Labute approximate surface area is 91.1 Å². The van der Waals surface area contributed by atoms with Gasteiger partial charge >= 0.3 is 0 Å². The Morgan fingerprint density at radius 1 is 1.33 bits per heavy atom. The maximum Gasteiger partial charge on any atom is 0.197 e. The van der Waals surface area contributed by atoms with Crippen molar-refractivity contribution in [2.24, 2.45) is 5.73 Å². The minimum Gasteiger partial charge on any atom is -0.444 e. The van der Waals surface area contributed by atoms with Gasteiger partial charge in [-0.25, -0.2) is 4.98 Å². The SMILES string of the molecule is CCc1nc(C2CCCCC2)oc1CN. The number of aromatic nitrogens is 1. The quantitative estimate of drug-likeness (QED) is 0.831. The molecule has 0 bridgehead atoms. The number of rotatable bonds is 3. The molecule has 0 amide bonds. The third-order valence-electron chi connectivity index (χ3n) is 3.27. The molecule has 3 nitrogen and oxygen atoms in total. The van der Waals surface area contributed by atoms with Crippen LogP contribution in [0.4, 0.5) is 0 Å². The van der Waals surface area contributed by atoms with E-state index in [1.54, 1.807) is 0 Å². The highest BCUT2D eigenvalue weighted by Crippen LogP contribution is 2.32. The molecule has 1 fully saturated rings. The molecule has 0 aromatic carbocycles. The minimum absolute atomic E-state index is 0.475. The van der Waals surface area contributed by atoms with Gasteiger partial charge in [0.25, 0.3) is 0 Å². The summed E-state index contributed by atoms with van der Waals surface area (Å²) in [4.78, 5) is 4.58. The molecule has 0 unspecified atom stereocenters. The largest absolute Gasteiger partial charge is 0.444 e. The van der Waals surface area contributed by atoms with Crippen LogP contribution < -0.4 is 5.73 Å². The van der Waals surface area contributed by atoms with Crippen LogP contribution in [0, 0.1) is 0 Å². The van der Waals surface area contributed by atoms with E-state index in [-0.39, 0.29) is 0 Å². The Bertz CT molecular complexity index is 292. The predicted molar refractivity (Wildman–Crippen MR) is 59.6 cm³/mol. The van der Waals surface area contributed by atoms with Crippen LogP contribution in [-0.4, -0.2) is 4.98 Å². The van der Waals surface area contributed by atoms with Crippen molar-refractivity contribution < 1.29 is 4.42 Å². The maximum atomic E-state index is 5.76. The summed E-state index contributed by atoms with van der Waals surface area (Å²) in [5, 5.41) is 0. The lowest BCUT2D eigenvalue weighted by molar-refractivity contribution is 0.352. The summed E-state index contributed by atoms with van der Waals surface area (Å²) in [6, 6.07) is 0. The predicted octanol–water partition coefficient (Wildman–Crippen LogP) is 2.74. The van der Waals surface area contributed by atoms with E-state index < -0.39 is 0 Å². The van der Waals surface area contributed by atoms with Crippen LogP contribution in [-0.2, 0) is 13.0 Å². The molecule has 1 saturated carbocycles. The Kier molecular flexibility index (Phi) is 3.41. The Hall–Kier alpha value is -0.830. The van der Waals surface area contributed by atoms with Gasteiger partial charge in [-0.15, -0.1) is 0 Å². The van der Waals surface area contributed by atoms with E-state index in [4.69, 9.17) is 10.2 Å². The molecule has 0 atom stereocenters. The highest BCUT2D eigenvalue weighted by Gasteiger charge is 2.21. The average molecular weight is 208 g/mol. The molecule has 1 aliphatic rings. The molecule has 2 rings (SSSR count). The number of hydrogen-bond donors (Lipinski definition) is 1. The van der Waals surface area contributed by atoms with Crippen LogP contribution in [0.25, 0.3) is 0 Å². The lowest BCUT2D eigenvalue weighted by atomic mass is 9.89. The van der Waals surface area contributed by atoms with E-state index in [2.05, 4.69) is 11.9 Å². The molecule has 0 aliphatic heterocycles. The van der Waals surface area contributed by atoms with E-state index in [0.29, 0.717) is 12.5 Å². The fourth-order valence-electron chi connectivity index (χ4n) is 2.36. The fourth-order valence-corrected chi connectivity index (χ4v) is 2.36. The molecule has 15 heavy (non-hydrogen) atoms. The minimum atomic E-state index is 0.475. The first-order valence-electron chi connectivity index (χ1n) is 6.03. The first kappa shape index (κ1) is 10.7. The van der Waals surface area contributed by atoms with Crippen molar-refractivity contribution in [2.75, 3.05) is 0 Å². The Balaban J connectivity index is 2.16. The van der Waals surface area contributed by atoms with E-state index in [1.165, 1.54) is 32.1 Å². The van der Waals surface area contributed by atoms with Gasteiger partial charge in [0.15, 0.2) is 5.89 Å². The lowest BCUT2D eigenvalue weighted by Gasteiger charge is -2.17. The van der Waals surface area contributed by atoms with Crippen molar-refractivity contribution >= 4 is 0 Å². The third-order valence-corrected chi connectivity index (χ3v) is 3.27. The molecule has 0 spiro atoms. The molecular formula is C12H20N2O. The zero-order valence-corrected chi connectivity index (χ0v) is 9.46. The monoisotopic (exact) mass is 208 g/mol. The third kappa shape index (κ3) is 2.23. The van der Waals surface area contributed by atoms with Crippen LogP contribution in [0.5, 0.6) is 0 Å². The molecule has 3 heteroatoms. The second-order valence-corrected chi connectivity index (χ2v) is 4.31. The van der Waals surface area contributed by atoms with E-state index in [1.807, 2.05) is 0 Å². The molecule has 1 heterocycles. The summed E-state index contributed by atoms with van der Waals surface area (Å²) in [7, 11) is 0. The van der Waals surface area contributed by atoms with Gasteiger partial charge in [-0.1, -0.05) is 26.2 Å². The van der Waals surface area contributed by atoms with Crippen molar-refractivity contribution in [1.29, 1.82) is 0 Å². The Morgan fingerprint density at radius 2 is 2.07 bits per heavy atom. The van der Waals surface area contributed by atoms with E-state index in [0.717, 1.165) is 23.8 Å².